The predicted octanol–water partition coefficient (Wildman–Crippen LogP) is 6.93. The van der Waals surface area contributed by atoms with Crippen molar-refractivity contribution in [1.29, 1.82) is 0 Å². The van der Waals surface area contributed by atoms with Gasteiger partial charge in [0.2, 0.25) is 0 Å². The summed E-state index contributed by atoms with van der Waals surface area (Å²) < 4.78 is 0. The Morgan fingerprint density at radius 1 is 0.862 bits per heavy atom. The van der Waals surface area contributed by atoms with Crippen molar-refractivity contribution in [1.82, 2.24) is 15.0 Å². The molecule has 1 N–H and O–H groups in total. The number of phenolic OH excluding ortho intramolecular Hbond substituents is 1. The van der Waals surface area contributed by atoms with Crippen molar-refractivity contribution in [2.24, 2.45) is 0 Å². The second-order valence-electron chi connectivity index (χ2n) is 8.41. The van der Waals surface area contributed by atoms with Gasteiger partial charge in [-0.05, 0) is 48.1 Å². The zero-order chi connectivity index (χ0) is 20.6. The molecule has 3 rings (SSSR count). The number of benzene rings is 2. The minimum absolute atomic E-state index is 0.247. The van der Waals surface area contributed by atoms with Crippen LogP contribution in [0.15, 0.2) is 36.4 Å². The molecule has 0 bridgehead atoms. The highest BCUT2D eigenvalue weighted by atomic mass is 16.3. The monoisotopic (exact) mass is 393 g/mol. The molecule has 0 saturated heterocycles. The zero-order valence-electron chi connectivity index (χ0n) is 18.2. The Balaban J connectivity index is 1.71. The number of rotatable bonds is 11. The van der Waals surface area contributed by atoms with E-state index < -0.39 is 0 Å². The maximum absolute atomic E-state index is 10.9. The third-order valence-corrected chi connectivity index (χ3v) is 5.62. The molecule has 1 heterocycles. The van der Waals surface area contributed by atoms with Crippen LogP contribution in [0, 0.1) is 0 Å². The average Bonchev–Trinajstić information content (AvgIpc) is 3.14. The molecule has 0 fully saturated rings. The lowest BCUT2D eigenvalue weighted by atomic mass is 9.96. The van der Waals surface area contributed by atoms with Crippen molar-refractivity contribution in [2.45, 2.75) is 84.5 Å². The van der Waals surface area contributed by atoms with E-state index in [-0.39, 0.29) is 5.92 Å². The fraction of sp³-hybridized carbons (Fsp3) is 0.520. The summed E-state index contributed by atoms with van der Waals surface area (Å²) in [6.45, 7) is 6.50. The van der Waals surface area contributed by atoms with Crippen LogP contribution in [0.1, 0.15) is 89.2 Å². The van der Waals surface area contributed by atoms with Crippen LogP contribution >= 0.6 is 0 Å². The van der Waals surface area contributed by atoms with E-state index in [0.29, 0.717) is 11.4 Å². The predicted molar refractivity (Wildman–Crippen MR) is 121 cm³/mol. The van der Waals surface area contributed by atoms with Gasteiger partial charge in [-0.1, -0.05) is 83.9 Å². The molecule has 0 aliphatic heterocycles. The number of aromatic nitrogens is 3. The minimum atomic E-state index is 0.247. The summed E-state index contributed by atoms with van der Waals surface area (Å²) >= 11 is 0. The van der Waals surface area contributed by atoms with Gasteiger partial charge in [0.15, 0.2) is 0 Å². The summed E-state index contributed by atoms with van der Waals surface area (Å²) in [5.74, 6) is 0.539. The summed E-state index contributed by atoms with van der Waals surface area (Å²) in [5, 5.41) is 20.0. The lowest BCUT2D eigenvalue weighted by molar-refractivity contribution is 0.457. The highest BCUT2D eigenvalue weighted by molar-refractivity contribution is 5.73. The third-order valence-electron chi connectivity index (χ3n) is 5.62. The van der Waals surface area contributed by atoms with Gasteiger partial charge in [-0.15, -0.1) is 15.0 Å². The summed E-state index contributed by atoms with van der Waals surface area (Å²) in [5.41, 5.74) is 4.59. The number of fused-ring (bicyclic) bond motifs is 1. The maximum Gasteiger partial charge on any atom is 0.146 e. The van der Waals surface area contributed by atoms with E-state index in [1.54, 1.807) is 4.80 Å². The van der Waals surface area contributed by atoms with Crippen LogP contribution < -0.4 is 0 Å². The van der Waals surface area contributed by atoms with E-state index >= 15 is 0 Å². The second kappa shape index (κ2) is 10.4. The van der Waals surface area contributed by atoms with Gasteiger partial charge in [0.1, 0.15) is 22.5 Å². The van der Waals surface area contributed by atoms with Gasteiger partial charge in [-0.25, -0.2) is 0 Å². The topological polar surface area (TPSA) is 50.9 Å². The van der Waals surface area contributed by atoms with E-state index in [4.69, 9.17) is 0 Å². The molecule has 4 nitrogen and oxygen atoms in total. The fourth-order valence-electron chi connectivity index (χ4n) is 3.87. The standard InChI is InChI=1S/C25H35N3O/c1-4-5-6-7-8-9-10-11-14-20-17-21(19(2)3)25(29)24(18-20)28-26-22-15-12-13-16-23(22)27-28/h12-13,15-19,29H,4-11,14H2,1-3H3. The normalized spacial score (nSPS) is 11.6. The first-order valence-corrected chi connectivity index (χ1v) is 11.3. The summed E-state index contributed by atoms with van der Waals surface area (Å²) in [6.07, 6.45) is 11.6. The molecule has 0 saturated carbocycles. The Labute approximate surface area is 175 Å². The Morgan fingerprint density at radius 2 is 1.45 bits per heavy atom. The third kappa shape index (κ3) is 5.59. The Hall–Kier alpha value is -2.36. The molecule has 0 amide bonds. The molecule has 0 aliphatic carbocycles. The highest BCUT2D eigenvalue weighted by Gasteiger charge is 2.16. The van der Waals surface area contributed by atoms with Crippen LogP contribution in [0.25, 0.3) is 16.7 Å². The van der Waals surface area contributed by atoms with Crippen LogP contribution in [0.4, 0.5) is 0 Å². The molecular formula is C25H35N3O. The van der Waals surface area contributed by atoms with E-state index in [0.717, 1.165) is 23.0 Å². The molecule has 0 atom stereocenters. The van der Waals surface area contributed by atoms with Gasteiger partial charge < -0.3 is 5.11 Å². The van der Waals surface area contributed by atoms with Crippen molar-refractivity contribution < 1.29 is 5.11 Å². The smallest absolute Gasteiger partial charge is 0.146 e. The molecule has 0 radical (unpaired) electrons. The number of aryl methyl sites for hydroxylation is 1. The molecule has 156 valence electrons. The minimum Gasteiger partial charge on any atom is -0.505 e. The lowest BCUT2D eigenvalue weighted by Gasteiger charge is -2.15. The molecule has 2 aromatic carbocycles. The maximum atomic E-state index is 10.9. The van der Waals surface area contributed by atoms with Gasteiger partial charge in [-0.2, -0.15) is 0 Å². The molecule has 0 aliphatic rings. The molecule has 1 aromatic heterocycles. The van der Waals surface area contributed by atoms with E-state index in [9.17, 15) is 5.11 Å². The summed E-state index contributed by atoms with van der Waals surface area (Å²) in [6, 6.07) is 12.0. The number of aromatic hydroxyl groups is 1. The Bertz CT molecular complexity index is 881. The van der Waals surface area contributed by atoms with Crippen LogP contribution in [0.5, 0.6) is 5.75 Å². The van der Waals surface area contributed by atoms with Gasteiger partial charge in [-0.3, -0.25) is 0 Å². The first kappa shape index (κ1) is 21.4. The summed E-state index contributed by atoms with van der Waals surface area (Å²) in [7, 11) is 0. The van der Waals surface area contributed by atoms with Crippen LogP contribution in [-0.2, 0) is 6.42 Å². The molecule has 4 heteroatoms. The first-order valence-electron chi connectivity index (χ1n) is 11.3. The number of hydrogen-bond acceptors (Lipinski definition) is 3. The van der Waals surface area contributed by atoms with Gasteiger partial charge >= 0.3 is 0 Å². The number of unbranched alkanes of at least 4 members (excludes halogenated alkanes) is 7. The van der Waals surface area contributed by atoms with Crippen molar-refractivity contribution in [3.63, 3.8) is 0 Å². The molecule has 29 heavy (non-hydrogen) atoms. The fourth-order valence-corrected chi connectivity index (χ4v) is 3.87. The van der Waals surface area contributed by atoms with Crippen LogP contribution in [-0.4, -0.2) is 20.1 Å². The van der Waals surface area contributed by atoms with E-state index in [1.165, 1.54) is 56.9 Å². The van der Waals surface area contributed by atoms with Gasteiger partial charge in [0.25, 0.3) is 0 Å². The van der Waals surface area contributed by atoms with Crippen molar-refractivity contribution in [2.75, 3.05) is 0 Å². The van der Waals surface area contributed by atoms with Crippen LogP contribution in [0.2, 0.25) is 0 Å². The van der Waals surface area contributed by atoms with E-state index in [2.05, 4.69) is 43.1 Å². The molecular weight excluding hydrogens is 358 g/mol. The lowest BCUT2D eigenvalue weighted by Crippen LogP contribution is -2.04. The van der Waals surface area contributed by atoms with Gasteiger partial charge in [0.05, 0.1) is 0 Å². The largest absolute Gasteiger partial charge is 0.505 e. The Morgan fingerprint density at radius 3 is 2.03 bits per heavy atom. The van der Waals surface area contributed by atoms with Crippen molar-refractivity contribution in [3.8, 4) is 11.4 Å². The Kier molecular flexibility index (Phi) is 7.68. The number of phenols is 1. The molecule has 3 aromatic rings. The second-order valence-corrected chi connectivity index (χ2v) is 8.41. The average molecular weight is 394 g/mol. The van der Waals surface area contributed by atoms with Crippen molar-refractivity contribution >= 4 is 11.0 Å². The van der Waals surface area contributed by atoms with E-state index in [1.807, 2.05) is 24.3 Å². The zero-order valence-corrected chi connectivity index (χ0v) is 18.2. The highest BCUT2D eigenvalue weighted by Crippen LogP contribution is 2.33. The van der Waals surface area contributed by atoms with Gasteiger partial charge in [0, 0.05) is 0 Å². The number of hydrogen-bond donors (Lipinski definition) is 1. The quantitative estimate of drug-likeness (QED) is 0.359. The molecule has 0 unspecified atom stereocenters. The van der Waals surface area contributed by atoms with Crippen molar-refractivity contribution in [3.05, 3.63) is 47.5 Å². The summed E-state index contributed by atoms with van der Waals surface area (Å²) in [4.78, 5) is 1.59. The SMILES string of the molecule is CCCCCCCCCCc1cc(C(C)C)c(O)c(-n2nc3ccccc3n2)c1. The molecule has 0 spiro atoms. The van der Waals surface area contributed by atoms with Crippen LogP contribution in [0.3, 0.4) is 0 Å². The first-order chi connectivity index (χ1) is 14.1. The number of nitrogens with zero attached hydrogens (tertiary/aromatic N) is 3.